The number of benzene rings is 1. The number of carbonyl (C=O) groups is 2. The molecule has 0 unspecified atom stereocenters. The van der Waals surface area contributed by atoms with E-state index in [2.05, 4.69) is 5.32 Å². The summed E-state index contributed by atoms with van der Waals surface area (Å²) in [6.45, 7) is 0. The Kier molecular flexibility index (Phi) is 3.42. The van der Waals surface area contributed by atoms with Crippen molar-refractivity contribution in [1.82, 2.24) is 5.32 Å². The Morgan fingerprint density at radius 2 is 1.94 bits per heavy atom. The fraction of sp³-hybridized carbons (Fsp3) is 0.385. The van der Waals surface area contributed by atoms with Gasteiger partial charge < -0.3 is 10.4 Å². The molecule has 1 amide bonds. The van der Waals surface area contributed by atoms with Gasteiger partial charge in [-0.3, -0.25) is 4.79 Å². The van der Waals surface area contributed by atoms with E-state index >= 15 is 0 Å². The van der Waals surface area contributed by atoms with Crippen LogP contribution in [0.4, 0.5) is 0 Å². The van der Waals surface area contributed by atoms with Crippen molar-refractivity contribution in [2.24, 2.45) is 5.92 Å². The molecule has 4 heteroatoms. The molecule has 0 saturated heterocycles. The predicted molar refractivity (Wildman–Crippen MR) is 62.4 cm³/mol. The van der Waals surface area contributed by atoms with Crippen LogP contribution in [-0.2, 0) is 16.0 Å². The van der Waals surface area contributed by atoms with E-state index < -0.39 is 12.0 Å². The van der Waals surface area contributed by atoms with Crippen molar-refractivity contribution in [3.8, 4) is 0 Å². The van der Waals surface area contributed by atoms with Gasteiger partial charge in [-0.05, 0) is 18.4 Å². The van der Waals surface area contributed by atoms with Crippen LogP contribution in [0.25, 0.3) is 0 Å². The Morgan fingerprint density at radius 3 is 2.47 bits per heavy atom. The third-order valence-corrected chi connectivity index (χ3v) is 2.85. The maximum atomic E-state index is 11.5. The van der Waals surface area contributed by atoms with Crippen molar-refractivity contribution in [1.29, 1.82) is 0 Å². The first-order valence-electron chi connectivity index (χ1n) is 5.74. The average molecular weight is 233 g/mol. The predicted octanol–water partition coefficient (Wildman–Crippen LogP) is 1.21. The SMILES string of the molecule is O=C(N[C@@H](Cc1ccccc1)C(=O)O)C1CC1. The minimum absolute atomic E-state index is 0.0348. The van der Waals surface area contributed by atoms with Crippen molar-refractivity contribution in [2.75, 3.05) is 0 Å². The number of aliphatic carboxylic acids is 1. The molecule has 2 rings (SSSR count). The van der Waals surface area contributed by atoms with E-state index in [-0.39, 0.29) is 11.8 Å². The second-order valence-electron chi connectivity index (χ2n) is 4.36. The first-order valence-corrected chi connectivity index (χ1v) is 5.74. The molecule has 1 aromatic rings. The van der Waals surface area contributed by atoms with E-state index in [4.69, 9.17) is 5.11 Å². The largest absolute Gasteiger partial charge is 0.480 e. The molecule has 2 N–H and O–H groups in total. The fourth-order valence-corrected chi connectivity index (χ4v) is 1.68. The lowest BCUT2D eigenvalue weighted by atomic mass is 10.1. The summed E-state index contributed by atoms with van der Waals surface area (Å²) in [4.78, 5) is 22.6. The molecule has 0 heterocycles. The number of nitrogens with one attached hydrogen (secondary N) is 1. The van der Waals surface area contributed by atoms with Gasteiger partial charge in [0.05, 0.1) is 0 Å². The number of carboxylic acid groups (broad SMARTS) is 1. The van der Waals surface area contributed by atoms with Crippen LogP contribution in [0.2, 0.25) is 0 Å². The first kappa shape index (κ1) is 11.6. The minimum atomic E-state index is -0.983. The average Bonchev–Trinajstić information content (AvgIpc) is 3.13. The van der Waals surface area contributed by atoms with Crippen molar-refractivity contribution in [3.63, 3.8) is 0 Å². The van der Waals surface area contributed by atoms with Crippen molar-refractivity contribution in [2.45, 2.75) is 25.3 Å². The number of carbonyl (C=O) groups excluding carboxylic acids is 1. The summed E-state index contributed by atoms with van der Waals surface area (Å²) < 4.78 is 0. The second kappa shape index (κ2) is 4.99. The molecule has 0 aromatic heterocycles. The van der Waals surface area contributed by atoms with Crippen LogP contribution in [0.1, 0.15) is 18.4 Å². The molecule has 1 aliphatic rings. The summed E-state index contributed by atoms with van der Waals surface area (Å²) in [6, 6.07) is 8.49. The Balaban J connectivity index is 1.97. The van der Waals surface area contributed by atoms with Gasteiger partial charge in [0.2, 0.25) is 5.91 Å². The standard InChI is InChI=1S/C13H15NO3/c15-12(10-6-7-10)14-11(13(16)17)8-9-4-2-1-3-5-9/h1-5,10-11H,6-8H2,(H,14,15)(H,16,17)/t11-/m0/s1. The minimum Gasteiger partial charge on any atom is -0.480 e. The molecule has 4 nitrogen and oxygen atoms in total. The van der Waals surface area contributed by atoms with E-state index in [0.717, 1.165) is 18.4 Å². The summed E-state index contributed by atoms with van der Waals surface area (Å²) >= 11 is 0. The molecule has 0 aliphatic heterocycles. The van der Waals surface area contributed by atoms with Gasteiger partial charge in [-0.25, -0.2) is 4.79 Å². The molecule has 17 heavy (non-hydrogen) atoms. The third kappa shape index (κ3) is 3.31. The van der Waals surface area contributed by atoms with Crippen LogP contribution in [0.15, 0.2) is 30.3 Å². The zero-order chi connectivity index (χ0) is 12.3. The fourth-order valence-electron chi connectivity index (χ4n) is 1.68. The lowest BCUT2D eigenvalue weighted by Gasteiger charge is -2.14. The van der Waals surface area contributed by atoms with Crippen LogP contribution in [-0.4, -0.2) is 23.0 Å². The number of amides is 1. The van der Waals surface area contributed by atoms with E-state index in [0.29, 0.717) is 6.42 Å². The molecular weight excluding hydrogens is 218 g/mol. The molecule has 90 valence electrons. The summed E-state index contributed by atoms with van der Waals surface area (Å²) in [6.07, 6.45) is 2.08. The Hall–Kier alpha value is -1.84. The molecule has 0 bridgehead atoms. The highest BCUT2D eigenvalue weighted by atomic mass is 16.4. The lowest BCUT2D eigenvalue weighted by molar-refractivity contribution is -0.142. The van der Waals surface area contributed by atoms with Crippen LogP contribution in [0.3, 0.4) is 0 Å². The monoisotopic (exact) mass is 233 g/mol. The smallest absolute Gasteiger partial charge is 0.326 e. The van der Waals surface area contributed by atoms with Gasteiger partial charge in [0.25, 0.3) is 0 Å². The molecule has 1 saturated carbocycles. The van der Waals surface area contributed by atoms with Gasteiger partial charge in [0, 0.05) is 12.3 Å². The Morgan fingerprint density at radius 1 is 1.29 bits per heavy atom. The molecule has 0 radical (unpaired) electrons. The third-order valence-electron chi connectivity index (χ3n) is 2.85. The normalized spacial score (nSPS) is 16.2. The van der Waals surface area contributed by atoms with Crippen molar-refractivity contribution >= 4 is 11.9 Å². The number of hydrogen-bond donors (Lipinski definition) is 2. The summed E-state index contributed by atoms with van der Waals surface area (Å²) in [5.74, 6) is -1.08. The van der Waals surface area contributed by atoms with Crippen LogP contribution in [0.5, 0.6) is 0 Å². The summed E-state index contributed by atoms with van der Waals surface area (Å²) in [5, 5.41) is 11.7. The van der Waals surface area contributed by atoms with E-state index in [1.54, 1.807) is 0 Å². The van der Waals surface area contributed by atoms with Gasteiger partial charge in [-0.1, -0.05) is 30.3 Å². The Labute approximate surface area is 99.6 Å². The topological polar surface area (TPSA) is 66.4 Å². The maximum absolute atomic E-state index is 11.5. The highest BCUT2D eigenvalue weighted by Crippen LogP contribution is 2.28. The molecule has 1 aromatic carbocycles. The highest BCUT2D eigenvalue weighted by Gasteiger charge is 2.32. The number of rotatable bonds is 5. The zero-order valence-corrected chi connectivity index (χ0v) is 9.43. The second-order valence-corrected chi connectivity index (χ2v) is 4.36. The quantitative estimate of drug-likeness (QED) is 0.803. The summed E-state index contributed by atoms with van der Waals surface area (Å²) in [7, 11) is 0. The van der Waals surface area contributed by atoms with Gasteiger partial charge in [0.1, 0.15) is 6.04 Å². The van der Waals surface area contributed by atoms with Crippen LogP contribution >= 0.6 is 0 Å². The van der Waals surface area contributed by atoms with Gasteiger partial charge in [-0.15, -0.1) is 0 Å². The van der Waals surface area contributed by atoms with Gasteiger partial charge in [0.15, 0.2) is 0 Å². The molecule has 1 atom stereocenters. The van der Waals surface area contributed by atoms with Gasteiger partial charge in [-0.2, -0.15) is 0 Å². The number of hydrogen-bond acceptors (Lipinski definition) is 2. The van der Waals surface area contributed by atoms with Crippen LogP contribution in [0, 0.1) is 5.92 Å². The molecule has 0 spiro atoms. The molecule has 1 aliphatic carbocycles. The van der Waals surface area contributed by atoms with Crippen molar-refractivity contribution < 1.29 is 14.7 Å². The summed E-state index contributed by atoms with van der Waals surface area (Å²) in [5.41, 5.74) is 0.913. The van der Waals surface area contributed by atoms with Crippen molar-refractivity contribution in [3.05, 3.63) is 35.9 Å². The van der Waals surface area contributed by atoms with Gasteiger partial charge >= 0.3 is 5.97 Å². The maximum Gasteiger partial charge on any atom is 0.326 e. The number of carboxylic acids is 1. The highest BCUT2D eigenvalue weighted by molar-refractivity contribution is 5.86. The van der Waals surface area contributed by atoms with E-state index in [1.807, 2.05) is 30.3 Å². The zero-order valence-electron chi connectivity index (χ0n) is 9.43. The van der Waals surface area contributed by atoms with E-state index in [1.165, 1.54) is 0 Å². The lowest BCUT2D eigenvalue weighted by Crippen LogP contribution is -2.43. The first-order chi connectivity index (χ1) is 8.16. The van der Waals surface area contributed by atoms with Crippen LogP contribution < -0.4 is 5.32 Å². The Bertz CT molecular complexity index is 412. The molecular formula is C13H15NO3. The van der Waals surface area contributed by atoms with E-state index in [9.17, 15) is 9.59 Å². The molecule has 1 fully saturated rings.